The van der Waals surface area contributed by atoms with Crippen LogP contribution in [0.1, 0.15) is 24.0 Å². The lowest BCUT2D eigenvalue weighted by molar-refractivity contribution is -0.138. The predicted molar refractivity (Wildman–Crippen MR) is 144 cm³/mol. The first-order chi connectivity index (χ1) is 17.5. The van der Waals surface area contributed by atoms with Crippen molar-refractivity contribution in [3.8, 4) is 22.3 Å². The van der Waals surface area contributed by atoms with Gasteiger partial charge in [0.2, 0.25) is 0 Å². The van der Waals surface area contributed by atoms with E-state index in [9.17, 15) is 19.8 Å². The van der Waals surface area contributed by atoms with Crippen molar-refractivity contribution in [1.29, 1.82) is 0 Å². The highest BCUT2D eigenvalue weighted by atomic mass is 16.4. The molecule has 0 bridgehead atoms. The Morgan fingerprint density at radius 2 is 0.889 bits per heavy atom. The van der Waals surface area contributed by atoms with Crippen molar-refractivity contribution >= 4 is 33.5 Å². The third-order valence-electron chi connectivity index (χ3n) is 6.71. The van der Waals surface area contributed by atoms with Crippen molar-refractivity contribution in [3.63, 3.8) is 0 Å². The number of hydrogen-bond donors (Lipinski definition) is 2. The number of carbonyl (C=O) groups is 2. The molecular formula is C32H26O4. The van der Waals surface area contributed by atoms with E-state index in [0.29, 0.717) is 12.8 Å². The molecule has 0 heterocycles. The van der Waals surface area contributed by atoms with E-state index in [-0.39, 0.29) is 12.8 Å². The SMILES string of the molecule is O=C(O)CCc1ccc2ccccc2c1-c1ccc(-c2c(CCC(=O)O)ccc3ccccc23)cc1. The number of hydrogen-bond acceptors (Lipinski definition) is 2. The van der Waals surface area contributed by atoms with Crippen molar-refractivity contribution in [2.24, 2.45) is 0 Å². The zero-order chi connectivity index (χ0) is 25.1. The van der Waals surface area contributed by atoms with Gasteiger partial charge in [0.25, 0.3) is 0 Å². The van der Waals surface area contributed by atoms with Crippen LogP contribution in [0.2, 0.25) is 0 Å². The first-order valence-corrected chi connectivity index (χ1v) is 12.1. The molecule has 178 valence electrons. The van der Waals surface area contributed by atoms with E-state index in [0.717, 1.165) is 54.9 Å². The number of carboxylic acids is 2. The summed E-state index contributed by atoms with van der Waals surface area (Å²) in [5.41, 5.74) is 6.20. The summed E-state index contributed by atoms with van der Waals surface area (Å²) >= 11 is 0. The van der Waals surface area contributed by atoms with E-state index in [2.05, 4.69) is 60.7 Å². The smallest absolute Gasteiger partial charge is 0.303 e. The van der Waals surface area contributed by atoms with Crippen LogP contribution in [0.25, 0.3) is 43.8 Å². The highest BCUT2D eigenvalue weighted by Gasteiger charge is 2.14. The van der Waals surface area contributed by atoms with Gasteiger partial charge in [-0.05, 0) is 67.8 Å². The molecule has 0 aromatic heterocycles. The van der Waals surface area contributed by atoms with Crippen molar-refractivity contribution in [2.45, 2.75) is 25.7 Å². The fraction of sp³-hybridized carbons (Fsp3) is 0.125. The molecule has 0 atom stereocenters. The highest BCUT2D eigenvalue weighted by molar-refractivity contribution is 6.01. The van der Waals surface area contributed by atoms with E-state index in [1.54, 1.807) is 0 Å². The summed E-state index contributed by atoms with van der Waals surface area (Å²) in [6.45, 7) is 0. The summed E-state index contributed by atoms with van der Waals surface area (Å²) in [7, 11) is 0. The zero-order valence-corrected chi connectivity index (χ0v) is 19.8. The molecule has 0 spiro atoms. The van der Waals surface area contributed by atoms with Crippen LogP contribution in [0, 0.1) is 0 Å². The molecule has 36 heavy (non-hydrogen) atoms. The quantitative estimate of drug-likeness (QED) is 0.246. The average Bonchev–Trinajstić information content (AvgIpc) is 2.90. The highest BCUT2D eigenvalue weighted by Crippen LogP contribution is 2.37. The van der Waals surface area contributed by atoms with Gasteiger partial charge in [0, 0.05) is 12.8 Å². The number of rotatable bonds is 8. The molecular weight excluding hydrogens is 448 g/mol. The van der Waals surface area contributed by atoms with E-state index in [4.69, 9.17) is 0 Å². The number of aryl methyl sites for hydroxylation is 2. The minimum atomic E-state index is -0.811. The van der Waals surface area contributed by atoms with E-state index in [1.165, 1.54) is 0 Å². The first kappa shape index (κ1) is 23.3. The normalized spacial score (nSPS) is 11.1. The molecule has 0 unspecified atom stereocenters. The van der Waals surface area contributed by atoms with Gasteiger partial charge in [-0.25, -0.2) is 0 Å². The Bertz CT molecular complexity index is 1460. The lowest BCUT2D eigenvalue weighted by Gasteiger charge is -2.16. The van der Waals surface area contributed by atoms with Gasteiger partial charge in [-0.1, -0.05) is 97.1 Å². The minimum Gasteiger partial charge on any atom is -0.481 e. The molecule has 4 heteroatoms. The molecule has 0 saturated carbocycles. The van der Waals surface area contributed by atoms with Crippen LogP contribution in [0.5, 0.6) is 0 Å². The molecule has 0 aliphatic carbocycles. The minimum absolute atomic E-state index is 0.0758. The standard InChI is InChI=1S/C32H26O4/c33-29(34)19-17-25-11-9-21-5-1-3-7-27(21)31(25)23-13-15-24(16-14-23)32-26(18-20-30(35)36)12-10-22-6-2-4-8-28(22)32/h1-16H,17-20H2,(H,33,34)(H,35,36). The Kier molecular flexibility index (Phi) is 6.50. The fourth-order valence-electron chi connectivity index (χ4n) is 5.02. The van der Waals surface area contributed by atoms with Gasteiger partial charge in [-0.15, -0.1) is 0 Å². The van der Waals surface area contributed by atoms with Crippen LogP contribution >= 0.6 is 0 Å². The summed E-state index contributed by atoms with van der Waals surface area (Å²) in [5, 5.41) is 23.0. The van der Waals surface area contributed by atoms with Gasteiger partial charge in [-0.2, -0.15) is 0 Å². The zero-order valence-electron chi connectivity index (χ0n) is 19.8. The predicted octanol–water partition coefficient (Wildman–Crippen LogP) is 7.36. The molecule has 4 nitrogen and oxygen atoms in total. The van der Waals surface area contributed by atoms with Gasteiger partial charge in [0.1, 0.15) is 0 Å². The second-order valence-corrected chi connectivity index (χ2v) is 9.01. The van der Waals surface area contributed by atoms with Gasteiger partial charge in [0.15, 0.2) is 0 Å². The first-order valence-electron chi connectivity index (χ1n) is 12.1. The van der Waals surface area contributed by atoms with E-state index >= 15 is 0 Å². The van der Waals surface area contributed by atoms with Crippen LogP contribution in [0.15, 0.2) is 97.1 Å². The molecule has 2 N–H and O–H groups in total. The molecule has 0 aliphatic rings. The van der Waals surface area contributed by atoms with Gasteiger partial charge < -0.3 is 10.2 Å². The summed E-state index contributed by atoms with van der Waals surface area (Å²) < 4.78 is 0. The van der Waals surface area contributed by atoms with Crippen LogP contribution in [-0.4, -0.2) is 22.2 Å². The molecule has 0 amide bonds. The maximum absolute atomic E-state index is 11.3. The Morgan fingerprint density at radius 3 is 1.28 bits per heavy atom. The molecule has 5 aromatic rings. The van der Waals surface area contributed by atoms with Crippen LogP contribution in [-0.2, 0) is 22.4 Å². The number of benzene rings is 5. The van der Waals surface area contributed by atoms with E-state index in [1.807, 2.05) is 36.4 Å². The lowest BCUT2D eigenvalue weighted by Crippen LogP contribution is -2.00. The fourth-order valence-corrected chi connectivity index (χ4v) is 5.02. The van der Waals surface area contributed by atoms with Crippen LogP contribution < -0.4 is 0 Å². The summed E-state index contributed by atoms with van der Waals surface area (Å²) in [6, 6.07) is 32.8. The van der Waals surface area contributed by atoms with Crippen molar-refractivity contribution in [3.05, 3.63) is 108 Å². The third kappa shape index (κ3) is 4.71. The molecule has 5 rings (SSSR count). The Balaban J connectivity index is 1.63. The van der Waals surface area contributed by atoms with Crippen molar-refractivity contribution in [1.82, 2.24) is 0 Å². The Hall–Kier alpha value is -4.44. The van der Waals surface area contributed by atoms with Crippen molar-refractivity contribution < 1.29 is 19.8 Å². The van der Waals surface area contributed by atoms with Crippen LogP contribution in [0.3, 0.4) is 0 Å². The largest absolute Gasteiger partial charge is 0.481 e. The Labute approximate surface area is 209 Å². The summed E-state index contributed by atoms with van der Waals surface area (Å²) in [6.07, 6.45) is 1.07. The second-order valence-electron chi connectivity index (χ2n) is 9.01. The lowest BCUT2D eigenvalue weighted by atomic mass is 9.88. The monoisotopic (exact) mass is 474 g/mol. The van der Waals surface area contributed by atoms with Gasteiger partial charge in [0.05, 0.1) is 0 Å². The van der Waals surface area contributed by atoms with Gasteiger partial charge in [-0.3, -0.25) is 9.59 Å². The number of aliphatic carboxylic acids is 2. The maximum atomic E-state index is 11.3. The van der Waals surface area contributed by atoms with Crippen molar-refractivity contribution in [2.75, 3.05) is 0 Å². The second kappa shape index (κ2) is 10.0. The molecule has 0 fully saturated rings. The third-order valence-corrected chi connectivity index (χ3v) is 6.71. The molecule has 0 radical (unpaired) electrons. The summed E-state index contributed by atoms with van der Waals surface area (Å²) in [5.74, 6) is -1.62. The summed E-state index contributed by atoms with van der Waals surface area (Å²) in [4.78, 5) is 22.6. The maximum Gasteiger partial charge on any atom is 0.303 e. The topological polar surface area (TPSA) is 74.6 Å². The number of carboxylic acid groups (broad SMARTS) is 2. The van der Waals surface area contributed by atoms with Gasteiger partial charge >= 0.3 is 11.9 Å². The Morgan fingerprint density at radius 1 is 0.500 bits per heavy atom. The average molecular weight is 475 g/mol. The molecule has 0 saturated heterocycles. The number of fused-ring (bicyclic) bond motifs is 2. The molecule has 5 aromatic carbocycles. The van der Waals surface area contributed by atoms with Crippen LogP contribution in [0.4, 0.5) is 0 Å². The molecule has 0 aliphatic heterocycles. The van der Waals surface area contributed by atoms with E-state index < -0.39 is 11.9 Å².